The number of hydrogen-bond donors (Lipinski definition) is 2. The summed E-state index contributed by atoms with van der Waals surface area (Å²) in [5.41, 5.74) is 6.23. The Labute approximate surface area is 132 Å². The van der Waals surface area contributed by atoms with Gasteiger partial charge in [0.25, 0.3) is 5.91 Å². The van der Waals surface area contributed by atoms with Gasteiger partial charge in [-0.3, -0.25) is 4.79 Å². The van der Waals surface area contributed by atoms with E-state index in [-0.39, 0.29) is 11.9 Å². The molecule has 5 heteroatoms. The molecular weight excluding hydrogens is 280 g/mol. The molecule has 0 saturated carbocycles. The second-order valence-corrected chi connectivity index (χ2v) is 5.01. The Balaban J connectivity index is 2.78. The molecule has 5 nitrogen and oxygen atoms in total. The van der Waals surface area contributed by atoms with Crippen LogP contribution in [0, 0.1) is 0 Å². The zero-order valence-electron chi connectivity index (χ0n) is 13.4. The summed E-state index contributed by atoms with van der Waals surface area (Å²) < 4.78 is 10.7. The number of amides is 1. The van der Waals surface area contributed by atoms with E-state index in [9.17, 15) is 4.79 Å². The molecule has 0 aromatic heterocycles. The van der Waals surface area contributed by atoms with Crippen molar-refractivity contribution in [1.82, 2.24) is 5.32 Å². The fourth-order valence-electron chi connectivity index (χ4n) is 2.04. The number of methoxy groups -OCH3 is 1. The van der Waals surface area contributed by atoms with Gasteiger partial charge in [0.2, 0.25) is 0 Å². The number of nitrogens with one attached hydrogen (secondary N) is 1. The molecule has 0 saturated heterocycles. The Morgan fingerprint density at radius 3 is 2.82 bits per heavy atom. The summed E-state index contributed by atoms with van der Waals surface area (Å²) in [5.74, 6) is 0.952. The van der Waals surface area contributed by atoms with E-state index < -0.39 is 0 Å². The maximum absolute atomic E-state index is 12.3. The minimum atomic E-state index is -0.153. The molecule has 0 heterocycles. The van der Waals surface area contributed by atoms with Gasteiger partial charge in [0.15, 0.2) is 11.5 Å². The van der Waals surface area contributed by atoms with Crippen LogP contribution in [0.2, 0.25) is 0 Å². The Morgan fingerprint density at radius 1 is 1.45 bits per heavy atom. The third-order valence-corrected chi connectivity index (χ3v) is 3.31. The molecule has 0 aliphatic heterocycles. The lowest BCUT2D eigenvalue weighted by Crippen LogP contribution is -2.40. The van der Waals surface area contributed by atoms with Crippen molar-refractivity contribution in [3.8, 4) is 11.5 Å². The fourth-order valence-corrected chi connectivity index (χ4v) is 2.04. The van der Waals surface area contributed by atoms with Crippen LogP contribution in [0.4, 0.5) is 0 Å². The van der Waals surface area contributed by atoms with E-state index in [1.807, 2.05) is 0 Å². The van der Waals surface area contributed by atoms with Crippen LogP contribution in [0.3, 0.4) is 0 Å². The number of nitrogens with two attached hydrogens (primary N) is 1. The summed E-state index contributed by atoms with van der Waals surface area (Å²) in [5, 5.41) is 2.96. The Hall–Kier alpha value is -2.01. The van der Waals surface area contributed by atoms with Crippen LogP contribution in [0.1, 0.15) is 36.5 Å². The first-order valence-electron chi connectivity index (χ1n) is 7.58. The highest BCUT2D eigenvalue weighted by Gasteiger charge is 2.14. The second kappa shape index (κ2) is 9.84. The van der Waals surface area contributed by atoms with Crippen molar-refractivity contribution in [3.63, 3.8) is 0 Å². The van der Waals surface area contributed by atoms with Crippen LogP contribution in [-0.2, 0) is 0 Å². The molecule has 0 radical (unpaired) electrons. The fraction of sp³-hybridized carbons (Fsp3) is 0.471. The summed E-state index contributed by atoms with van der Waals surface area (Å²) in [4.78, 5) is 12.3. The number of rotatable bonds is 10. The van der Waals surface area contributed by atoms with Gasteiger partial charge in [-0.05, 0) is 24.6 Å². The van der Waals surface area contributed by atoms with Gasteiger partial charge in [0, 0.05) is 18.2 Å². The highest BCUT2D eigenvalue weighted by molar-refractivity contribution is 5.95. The smallest absolute Gasteiger partial charge is 0.251 e. The van der Waals surface area contributed by atoms with Crippen molar-refractivity contribution >= 4 is 5.91 Å². The first kappa shape index (κ1) is 18.0. The maximum Gasteiger partial charge on any atom is 0.251 e. The van der Waals surface area contributed by atoms with Crippen LogP contribution < -0.4 is 20.5 Å². The van der Waals surface area contributed by atoms with Crippen molar-refractivity contribution in [1.29, 1.82) is 0 Å². The van der Waals surface area contributed by atoms with E-state index in [1.165, 1.54) is 0 Å². The van der Waals surface area contributed by atoms with Crippen molar-refractivity contribution in [2.75, 3.05) is 20.3 Å². The van der Waals surface area contributed by atoms with Gasteiger partial charge in [-0.2, -0.15) is 0 Å². The SMILES string of the molecule is C=CCOc1ccc(C(=O)NC(CN)CCCC)cc1OC. The minimum Gasteiger partial charge on any atom is -0.493 e. The van der Waals surface area contributed by atoms with Crippen LogP contribution in [0.5, 0.6) is 11.5 Å². The first-order valence-corrected chi connectivity index (χ1v) is 7.58. The molecule has 1 amide bonds. The Kier molecular flexibility index (Phi) is 8.07. The summed E-state index contributed by atoms with van der Waals surface area (Å²) in [6.07, 6.45) is 4.66. The molecule has 1 aromatic rings. The molecule has 22 heavy (non-hydrogen) atoms. The highest BCUT2D eigenvalue weighted by atomic mass is 16.5. The number of ether oxygens (including phenoxy) is 2. The molecule has 3 N–H and O–H groups in total. The summed E-state index contributed by atoms with van der Waals surface area (Å²) in [6.45, 7) is 6.53. The largest absolute Gasteiger partial charge is 0.493 e. The van der Waals surface area contributed by atoms with E-state index >= 15 is 0 Å². The van der Waals surface area contributed by atoms with Gasteiger partial charge in [-0.15, -0.1) is 0 Å². The van der Waals surface area contributed by atoms with Gasteiger partial charge in [0.1, 0.15) is 6.61 Å². The quantitative estimate of drug-likeness (QED) is 0.651. The molecular formula is C17H26N2O3. The van der Waals surface area contributed by atoms with Gasteiger partial charge < -0.3 is 20.5 Å². The lowest BCUT2D eigenvalue weighted by atomic mass is 10.1. The zero-order chi connectivity index (χ0) is 16.4. The third-order valence-electron chi connectivity index (χ3n) is 3.31. The topological polar surface area (TPSA) is 73.6 Å². The van der Waals surface area contributed by atoms with Gasteiger partial charge in [-0.1, -0.05) is 32.4 Å². The van der Waals surface area contributed by atoms with Crippen molar-refractivity contribution in [2.45, 2.75) is 32.2 Å². The molecule has 0 aliphatic carbocycles. The van der Waals surface area contributed by atoms with Gasteiger partial charge in [0.05, 0.1) is 7.11 Å². The molecule has 0 spiro atoms. The molecule has 0 fully saturated rings. The number of carbonyl (C=O) groups is 1. The molecule has 0 bridgehead atoms. The zero-order valence-corrected chi connectivity index (χ0v) is 13.4. The predicted octanol–water partition coefficient (Wildman–Crippen LogP) is 2.51. The average molecular weight is 306 g/mol. The number of hydrogen-bond acceptors (Lipinski definition) is 4. The summed E-state index contributed by atoms with van der Waals surface area (Å²) in [7, 11) is 1.54. The molecule has 1 rings (SSSR count). The van der Waals surface area contributed by atoms with Crippen molar-refractivity contribution in [3.05, 3.63) is 36.4 Å². The van der Waals surface area contributed by atoms with E-state index in [2.05, 4.69) is 18.8 Å². The van der Waals surface area contributed by atoms with E-state index in [0.29, 0.717) is 30.2 Å². The number of benzene rings is 1. The molecule has 1 aromatic carbocycles. The maximum atomic E-state index is 12.3. The lowest BCUT2D eigenvalue weighted by molar-refractivity contribution is 0.0935. The minimum absolute atomic E-state index is 0.00450. The highest BCUT2D eigenvalue weighted by Crippen LogP contribution is 2.28. The van der Waals surface area contributed by atoms with Crippen molar-refractivity contribution < 1.29 is 14.3 Å². The Morgan fingerprint density at radius 2 is 2.23 bits per heavy atom. The lowest BCUT2D eigenvalue weighted by Gasteiger charge is -2.17. The van der Waals surface area contributed by atoms with Gasteiger partial charge >= 0.3 is 0 Å². The van der Waals surface area contributed by atoms with E-state index in [4.69, 9.17) is 15.2 Å². The van der Waals surface area contributed by atoms with Gasteiger partial charge in [-0.25, -0.2) is 0 Å². The number of carbonyl (C=O) groups excluding carboxylic acids is 1. The molecule has 0 aliphatic rings. The second-order valence-electron chi connectivity index (χ2n) is 5.01. The van der Waals surface area contributed by atoms with Crippen LogP contribution in [-0.4, -0.2) is 32.2 Å². The molecule has 1 atom stereocenters. The summed E-state index contributed by atoms with van der Waals surface area (Å²) >= 11 is 0. The monoisotopic (exact) mass is 306 g/mol. The van der Waals surface area contributed by atoms with Crippen LogP contribution >= 0.6 is 0 Å². The van der Waals surface area contributed by atoms with E-state index in [1.54, 1.807) is 31.4 Å². The summed E-state index contributed by atoms with van der Waals surface area (Å²) in [6, 6.07) is 5.10. The predicted molar refractivity (Wildman–Crippen MR) is 88.5 cm³/mol. The number of unbranched alkanes of at least 4 members (excludes halogenated alkanes) is 1. The van der Waals surface area contributed by atoms with Crippen LogP contribution in [0.25, 0.3) is 0 Å². The van der Waals surface area contributed by atoms with Crippen molar-refractivity contribution in [2.24, 2.45) is 5.73 Å². The molecule has 1 unspecified atom stereocenters. The normalized spacial score (nSPS) is 11.6. The standard InChI is InChI=1S/C17H26N2O3/c1-4-6-7-14(12-18)19-17(20)13-8-9-15(22-10-5-2)16(11-13)21-3/h5,8-9,11,14H,2,4,6-7,10,12,18H2,1,3H3,(H,19,20). The average Bonchev–Trinajstić information content (AvgIpc) is 2.56. The molecule has 122 valence electrons. The third kappa shape index (κ3) is 5.41. The van der Waals surface area contributed by atoms with Crippen LogP contribution in [0.15, 0.2) is 30.9 Å². The first-order chi connectivity index (χ1) is 10.7. The van der Waals surface area contributed by atoms with E-state index in [0.717, 1.165) is 19.3 Å². The Bertz CT molecular complexity index is 489.